The molecule has 1 aromatic rings. The molecule has 0 spiro atoms. The lowest BCUT2D eigenvalue weighted by Gasteiger charge is -2.39. The van der Waals surface area contributed by atoms with E-state index in [4.69, 9.17) is 15.2 Å². The van der Waals surface area contributed by atoms with E-state index in [1.165, 1.54) is 0 Å². The van der Waals surface area contributed by atoms with Gasteiger partial charge in [-0.3, -0.25) is 14.6 Å². The predicted molar refractivity (Wildman–Crippen MR) is 109 cm³/mol. The fraction of sp³-hybridized carbons (Fsp3) is 0.667. The Hall–Kier alpha value is -1.79. The maximum atomic E-state index is 12.1. The fourth-order valence-electron chi connectivity index (χ4n) is 3.35. The molecule has 152 valence electrons. The summed E-state index contributed by atoms with van der Waals surface area (Å²) >= 11 is 0. The van der Waals surface area contributed by atoms with E-state index in [-0.39, 0.29) is 5.97 Å². The van der Waals surface area contributed by atoms with Gasteiger partial charge < -0.3 is 15.2 Å². The van der Waals surface area contributed by atoms with E-state index in [0.717, 1.165) is 49.6 Å². The van der Waals surface area contributed by atoms with Gasteiger partial charge in [-0.05, 0) is 57.9 Å². The Bertz CT molecular complexity index is 628. The van der Waals surface area contributed by atoms with Crippen molar-refractivity contribution in [3.05, 3.63) is 23.8 Å². The van der Waals surface area contributed by atoms with Gasteiger partial charge in [-0.15, -0.1) is 0 Å². The molecule has 0 radical (unpaired) electrons. The Morgan fingerprint density at radius 2 is 2.04 bits per heavy atom. The van der Waals surface area contributed by atoms with Gasteiger partial charge >= 0.3 is 5.97 Å². The Balaban J connectivity index is 1.76. The van der Waals surface area contributed by atoms with Crippen LogP contribution in [0.5, 0.6) is 5.75 Å². The lowest BCUT2D eigenvalue weighted by atomic mass is 10.1. The number of aryl methyl sites for hydroxylation is 1. The van der Waals surface area contributed by atoms with Crippen molar-refractivity contribution in [2.75, 3.05) is 45.1 Å². The third-order valence-corrected chi connectivity index (χ3v) is 4.73. The molecule has 27 heavy (non-hydrogen) atoms. The number of hydrogen-bond acceptors (Lipinski definition) is 6. The van der Waals surface area contributed by atoms with Crippen LogP contribution in [-0.4, -0.2) is 66.7 Å². The molecular weight excluding hydrogens is 342 g/mol. The summed E-state index contributed by atoms with van der Waals surface area (Å²) in [5, 5.41) is 0. The molecule has 6 nitrogen and oxygen atoms in total. The minimum Gasteiger partial charge on any atom is -0.492 e. The van der Waals surface area contributed by atoms with Crippen LogP contribution in [0.4, 0.5) is 5.69 Å². The number of piperazine rings is 1. The number of nitrogen functional groups attached to an aromatic ring is 1. The lowest BCUT2D eigenvalue weighted by Crippen LogP contribution is -2.54. The van der Waals surface area contributed by atoms with Gasteiger partial charge in [0.05, 0.1) is 6.54 Å². The first-order valence-corrected chi connectivity index (χ1v) is 9.87. The fourth-order valence-corrected chi connectivity index (χ4v) is 3.35. The van der Waals surface area contributed by atoms with Crippen LogP contribution in [0.1, 0.15) is 40.2 Å². The first-order valence-electron chi connectivity index (χ1n) is 9.87. The topological polar surface area (TPSA) is 68.0 Å². The maximum absolute atomic E-state index is 12.1. The van der Waals surface area contributed by atoms with E-state index in [0.29, 0.717) is 19.2 Å². The molecule has 2 rings (SSSR count). The second-order valence-corrected chi connectivity index (χ2v) is 8.28. The van der Waals surface area contributed by atoms with Gasteiger partial charge in [0.2, 0.25) is 0 Å². The number of anilines is 1. The quantitative estimate of drug-likeness (QED) is 0.582. The van der Waals surface area contributed by atoms with Gasteiger partial charge in [-0.2, -0.15) is 0 Å². The summed E-state index contributed by atoms with van der Waals surface area (Å²) in [4.78, 5) is 16.6. The number of nitrogens with two attached hydrogens (primary N) is 1. The molecule has 1 atom stereocenters. The lowest BCUT2D eigenvalue weighted by molar-refractivity contribution is -0.157. The molecule has 1 aliphatic heterocycles. The molecule has 1 fully saturated rings. The summed E-state index contributed by atoms with van der Waals surface area (Å²) in [5.74, 6) is 0.768. The highest BCUT2D eigenvalue weighted by molar-refractivity contribution is 5.72. The zero-order valence-corrected chi connectivity index (χ0v) is 17.5. The van der Waals surface area contributed by atoms with Crippen LogP contribution in [0, 0.1) is 0 Å². The number of carbonyl (C=O) groups excluding carboxylic acids is 1. The van der Waals surface area contributed by atoms with Crippen LogP contribution in [0.3, 0.4) is 0 Å². The first-order chi connectivity index (χ1) is 12.7. The van der Waals surface area contributed by atoms with Gasteiger partial charge in [0.15, 0.2) is 0 Å². The van der Waals surface area contributed by atoms with Gasteiger partial charge in [0.25, 0.3) is 0 Å². The highest BCUT2D eigenvalue weighted by atomic mass is 16.6. The van der Waals surface area contributed by atoms with Gasteiger partial charge in [0, 0.05) is 37.9 Å². The van der Waals surface area contributed by atoms with Crippen LogP contribution in [0.25, 0.3) is 0 Å². The maximum Gasteiger partial charge on any atom is 0.320 e. The molecule has 6 heteroatoms. The zero-order valence-electron chi connectivity index (χ0n) is 17.5. The minimum absolute atomic E-state index is 0.151. The van der Waals surface area contributed by atoms with Crippen molar-refractivity contribution in [1.82, 2.24) is 9.80 Å². The van der Waals surface area contributed by atoms with Crippen molar-refractivity contribution in [2.45, 2.75) is 52.7 Å². The zero-order chi connectivity index (χ0) is 20.0. The van der Waals surface area contributed by atoms with Gasteiger partial charge in [0.1, 0.15) is 18.0 Å². The number of carbonyl (C=O) groups is 1. The van der Waals surface area contributed by atoms with Crippen molar-refractivity contribution in [3.8, 4) is 5.75 Å². The van der Waals surface area contributed by atoms with E-state index in [2.05, 4.69) is 23.6 Å². The molecule has 0 bridgehead atoms. The van der Waals surface area contributed by atoms with Crippen LogP contribution in [0.2, 0.25) is 0 Å². The molecule has 0 aliphatic carbocycles. The van der Waals surface area contributed by atoms with Crippen LogP contribution >= 0.6 is 0 Å². The van der Waals surface area contributed by atoms with Crippen molar-refractivity contribution in [2.24, 2.45) is 0 Å². The molecule has 0 saturated carbocycles. The van der Waals surface area contributed by atoms with Crippen molar-refractivity contribution >= 4 is 11.7 Å². The molecule has 1 aromatic carbocycles. The normalized spacial score (nSPS) is 19.1. The molecule has 1 aliphatic rings. The molecule has 0 amide bonds. The number of esters is 1. The molecule has 0 unspecified atom stereocenters. The van der Waals surface area contributed by atoms with Crippen LogP contribution in [-0.2, 0) is 16.0 Å². The van der Waals surface area contributed by atoms with E-state index < -0.39 is 5.60 Å². The predicted octanol–water partition coefficient (Wildman–Crippen LogP) is 2.56. The van der Waals surface area contributed by atoms with E-state index in [1.807, 2.05) is 39.0 Å². The van der Waals surface area contributed by atoms with Gasteiger partial charge in [-0.1, -0.05) is 6.92 Å². The van der Waals surface area contributed by atoms with Crippen molar-refractivity contribution in [3.63, 3.8) is 0 Å². The number of ether oxygens (including phenoxy) is 2. The third kappa shape index (κ3) is 7.03. The summed E-state index contributed by atoms with van der Waals surface area (Å²) in [5.41, 5.74) is 7.33. The van der Waals surface area contributed by atoms with Gasteiger partial charge in [-0.25, -0.2) is 0 Å². The average Bonchev–Trinajstić information content (AvgIpc) is 2.56. The average molecular weight is 378 g/mol. The largest absolute Gasteiger partial charge is 0.492 e. The SMILES string of the molecule is CCc1cc(N)ccc1OCCN1CCN(CC(=O)OC(C)(C)C)[C@H](C)C1. The number of benzene rings is 1. The second kappa shape index (κ2) is 9.42. The monoisotopic (exact) mass is 377 g/mol. The van der Waals surface area contributed by atoms with Crippen molar-refractivity contribution in [1.29, 1.82) is 0 Å². The summed E-state index contributed by atoms with van der Waals surface area (Å²) < 4.78 is 11.4. The molecule has 1 heterocycles. The second-order valence-electron chi connectivity index (χ2n) is 8.28. The summed E-state index contributed by atoms with van der Waals surface area (Å²) in [6, 6.07) is 6.13. The molecular formula is C21H35N3O3. The standard InChI is InChI=1S/C21H35N3O3/c1-6-17-13-18(22)7-8-19(17)26-12-11-23-9-10-24(16(2)14-23)15-20(25)27-21(3,4)5/h7-8,13,16H,6,9-12,14-15,22H2,1-5H3/t16-/m1/s1. The number of nitrogens with zero attached hydrogens (tertiary/aromatic N) is 2. The van der Waals surface area contributed by atoms with Crippen LogP contribution in [0.15, 0.2) is 18.2 Å². The smallest absolute Gasteiger partial charge is 0.320 e. The Morgan fingerprint density at radius 1 is 1.30 bits per heavy atom. The van der Waals surface area contributed by atoms with E-state index in [1.54, 1.807) is 0 Å². The Labute approximate surface area is 163 Å². The molecule has 2 N–H and O–H groups in total. The minimum atomic E-state index is -0.432. The molecule has 1 saturated heterocycles. The highest BCUT2D eigenvalue weighted by Gasteiger charge is 2.27. The van der Waals surface area contributed by atoms with Crippen molar-refractivity contribution < 1.29 is 14.3 Å². The van der Waals surface area contributed by atoms with Crippen LogP contribution < -0.4 is 10.5 Å². The molecule has 0 aromatic heterocycles. The van der Waals surface area contributed by atoms with E-state index in [9.17, 15) is 4.79 Å². The summed E-state index contributed by atoms with van der Waals surface area (Å²) in [7, 11) is 0. The Morgan fingerprint density at radius 3 is 2.67 bits per heavy atom. The summed E-state index contributed by atoms with van der Waals surface area (Å²) in [6.45, 7) is 14.6. The number of rotatable bonds is 7. The Kier molecular flexibility index (Phi) is 7.50. The third-order valence-electron chi connectivity index (χ3n) is 4.73. The first kappa shape index (κ1) is 21.5. The van der Waals surface area contributed by atoms with E-state index >= 15 is 0 Å². The highest BCUT2D eigenvalue weighted by Crippen LogP contribution is 2.22. The number of hydrogen-bond donors (Lipinski definition) is 1. The summed E-state index contributed by atoms with van der Waals surface area (Å²) in [6.07, 6.45) is 0.904.